The number of hydrogen-bond donors (Lipinski definition) is 2. The number of nitrogens with two attached hydrogens (primary N) is 1. The zero-order chi connectivity index (χ0) is 12.0. The second-order valence-corrected chi connectivity index (χ2v) is 6.40. The van der Waals surface area contributed by atoms with Gasteiger partial charge in [0.1, 0.15) is 0 Å². The van der Waals surface area contributed by atoms with E-state index in [0.717, 1.165) is 43.1 Å². The van der Waals surface area contributed by atoms with E-state index in [-0.39, 0.29) is 0 Å². The Morgan fingerprint density at radius 2 is 1.94 bits per heavy atom. The van der Waals surface area contributed by atoms with Crippen LogP contribution in [0.3, 0.4) is 0 Å². The van der Waals surface area contributed by atoms with Crippen LogP contribution in [0.15, 0.2) is 0 Å². The molecule has 0 saturated heterocycles. The molecule has 0 radical (unpaired) electrons. The minimum Gasteiger partial charge on any atom is -0.393 e. The van der Waals surface area contributed by atoms with Gasteiger partial charge in [-0.2, -0.15) is 0 Å². The van der Waals surface area contributed by atoms with Gasteiger partial charge in [0.25, 0.3) is 0 Å². The van der Waals surface area contributed by atoms with Gasteiger partial charge in [-0.15, -0.1) is 0 Å². The molecule has 0 spiro atoms. The van der Waals surface area contributed by atoms with Crippen molar-refractivity contribution in [1.29, 1.82) is 0 Å². The summed E-state index contributed by atoms with van der Waals surface area (Å²) in [6.07, 6.45) is 5.75. The van der Waals surface area contributed by atoms with E-state index in [4.69, 9.17) is 18.0 Å². The Morgan fingerprint density at radius 3 is 2.53 bits per heavy atom. The van der Waals surface area contributed by atoms with Crippen molar-refractivity contribution >= 4 is 23.1 Å². The average Bonchev–Trinajstić information content (AvgIpc) is 2.73. The third-order valence-corrected chi connectivity index (χ3v) is 5.14. The Bertz CT molecular complexity index is 341. The number of hydrogen-bond acceptors (Lipinski definition) is 2. The van der Waals surface area contributed by atoms with Crippen molar-refractivity contribution in [1.82, 2.24) is 5.32 Å². The average molecular weight is 252 g/mol. The maximum Gasteiger partial charge on any atom is 0.223 e. The lowest BCUT2D eigenvalue weighted by Gasteiger charge is -2.09. The highest BCUT2D eigenvalue weighted by Gasteiger charge is 2.67. The molecule has 3 fully saturated rings. The maximum atomic E-state index is 12.0. The summed E-state index contributed by atoms with van der Waals surface area (Å²) in [5.41, 5.74) is 5.42. The van der Waals surface area contributed by atoms with Crippen LogP contribution in [0.4, 0.5) is 0 Å². The van der Waals surface area contributed by atoms with Gasteiger partial charge in [-0.25, -0.2) is 0 Å². The summed E-state index contributed by atoms with van der Waals surface area (Å²) in [6, 6.07) is 0. The van der Waals surface area contributed by atoms with Gasteiger partial charge in [0.15, 0.2) is 0 Å². The van der Waals surface area contributed by atoms with Gasteiger partial charge in [0, 0.05) is 12.5 Å². The van der Waals surface area contributed by atoms with Crippen LogP contribution in [0, 0.1) is 29.6 Å². The molecule has 0 heterocycles. The Kier molecular flexibility index (Phi) is 2.85. The molecule has 3 nitrogen and oxygen atoms in total. The fraction of sp³-hybridized carbons (Fsp3) is 0.846. The molecule has 17 heavy (non-hydrogen) atoms. The highest BCUT2D eigenvalue weighted by atomic mass is 32.1. The second-order valence-electron chi connectivity index (χ2n) is 5.87. The van der Waals surface area contributed by atoms with Crippen molar-refractivity contribution in [2.24, 2.45) is 35.3 Å². The number of amides is 1. The Balaban J connectivity index is 1.42. The summed E-state index contributed by atoms with van der Waals surface area (Å²) >= 11 is 4.81. The number of carbonyl (C=O) groups is 1. The first-order valence-electron chi connectivity index (χ1n) is 6.74. The number of fused-ring (bicyclic) bond motifs is 5. The van der Waals surface area contributed by atoms with Crippen LogP contribution in [0.25, 0.3) is 0 Å². The van der Waals surface area contributed by atoms with Gasteiger partial charge in [-0.3, -0.25) is 4.79 Å². The van der Waals surface area contributed by atoms with Crippen molar-refractivity contribution < 1.29 is 4.79 Å². The highest BCUT2D eigenvalue weighted by molar-refractivity contribution is 7.80. The third kappa shape index (κ3) is 1.96. The molecule has 0 aromatic carbocycles. The summed E-state index contributed by atoms with van der Waals surface area (Å²) in [7, 11) is 0. The lowest BCUT2D eigenvalue weighted by Crippen LogP contribution is -2.29. The Labute approximate surface area is 108 Å². The zero-order valence-corrected chi connectivity index (χ0v) is 10.8. The summed E-state index contributed by atoms with van der Waals surface area (Å²) in [5, 5.41) is 3.04. The molecule has 3 rings (SSSR count). The van der Waals surface area contributed by atoms with Crippen LogP contribution in [0.1, 0.15) is 32.1 Å². The van der Waals surface area contributed by atoms with Gasteiger partial charge < -0.3 is 11.1 Å². The first kappa shape index (κ1) is 11.5. The molecule has 3 aliphatic rings. The molecule has 3 N–H and O–H groups in total. The van der Waals surface area contributed by atoms with Crippen LogP contribution in [-0.2, 0) is 4.79 Å². The molecular weight excluding hydrogens is 232 g/mol. The molecule has 4 unspecified atom stereocenters. The van der Waals surface area contributed by atoms with Gasteiger partial charge in [0.2, 0.25) is 5.91 Å². The lowest BCUT2D eigenvalue weighted by atomic mass is 10.0. The molecule has 3 aliphatic carbocycles. The molecule has 0 aromatic rings. The first-order chi connectivity index (χ1) is 8.18. The molecule has 4 heteroatoms. The molecule has 4 atom stereocenters. The maximum absolute atomic E-state index is 12.0. The highest BCUT2D eigenvalue weighted by Crippen LogP contribution is 2.69. The van der Waals surface area contributed by atoms with E-state index in [2.05, 4.69) is 5.32 Å². The predicted octanol–water partition coefficient (Wildman–Crippen LogP) is 1.46. The molecule has 0 aliphatic heterocycles. The lowest BCUT2D eigenvalue weighted by molar-refractivity contribution is -0.123. The van der Waals surface area contributed by atoms with E-state index in [9.17, 15) is 4.79 Å². The normalized spacial score (nSPS) is 41.1. The van der Waals surface area contributed by atoms with Crippen LogP contribution >= 0.6 is 12.2 Å². The van der Waals surface area contributed by atoms with E-state index in [1.54, 1.807) is 0 Å². The summed E-state index contributed by atoms with van der Waals surface area (Å²) in [4.78, 5) is 12.5. The molecule has 1 amide bonds. The van der Waals surface area contributed by atoms with E-state index in [0.29, 0.717) is 16.8 Å². The number of rotatable bonds is 5. The Hall–Kier alpha value is -0.640. The number of carbonyl (C=O) groups excluding carboxylic acids is 1. The smallest absolute Gasteiger partial charge is 0.223 e. The summed E-state index contributed by atoms with van der Waals surface area (Å²) in [6.45, 7) is 0.724. The fourth-order valence-corrected chi connectivity index (χ4v) is 4.41. The summed E-state index contributed by atoms with van der Waals surface area (Å²) in [5.74, 6) is 3.87. The topological polar surface area (TPSA) is 55.1 Å². The fourth-order valence-electron chi connectivity index (χ4n) is 4.27. The second kappa shape index (κ2) is 4.23. The largest absolute Gasteiger partial charge is 0.393 e. The van der Waals surface area contributed by atoms with Crippen LogP contribution in [0.2, 0.25) is 0 Å². The molecular formula is C13H20N2OS. The predicted molar refractivity (Wildman–Crippen MR) is 70.3 cm³/mol. The SMILES string of the molecule is NC(=S)CCCNC(=O)C1C2C3CCC(C3)C12. The number of thiocarbonyl (C=S) groups is 1. The van der Waals surface area contributed by atoms with E-state index < -0.39 is 0 Å². The molecule has 2 bridgehead atoms. The van der Waals surface area contributed by atoms with Crippen LogP contribution in [0.5, 0.6) is 0 Å². The van der Waals surface area contributed by atoms with Crippen LogP contribution < -0.4 is 11.1 Å². The van der Waals surface area contributed by atoms with Crippen molar-refractivity contribution in [3.63, 3.8) is 0 Å². The van der Waals surface area contributed by atoms with Crippen molar-refractivity contribution in [2.45, 2.75) is 32.1 Å². The molecule has 3 saturated carbocycles. The Morgan fingerprint density at radius 1 is 1.29 bits per heavy atom. The monoisotopic (exact) mass is 252 g/mol. The zero-order valence-electron chi connectivity index (χ0n) is 10.0. The van der Waals surface area contributed by atoms with Crippen molar-refractivity contribution in [3.05, 3.63) is 0 Å². The third-order valence-electron chi connectivity index (χ3n) is 4.94. The van der Waals surface area contributed by atoms with E-state index >= 15 is 0 Å². The minimum absolute atomic E-state index is 0.291. The van der Waals surface area contributed by atoms with Crippen molar-refractivity contribution in [3.8, 4) is 0 Å². The quantitative estimate of drug-likeness (QED) is 0.575. The van der Waals surface area contributed by atoms with Crippen molar-refractivity contribution in [2.75, 3.05) is 6.54 Å². The summed E-state index contributed by atoms with van der Waals surface area (Å²) < 4.78 is 0. The standard InChI is InChI=1S/C13H20N2OS/c14-9(17)2-1-5-15-13(16)12-10-7-3-4-8(6-7)11(10)12/h7-8,10-12H,1-6H2,(H2,14,17)(H,15,16). The number of nitrogens with one attached hydrogen (secondary N) is 1. The van der Waals surface area contributed by atoms with Gasteiger partial charge in [-0.1, -0.05) is 12.2 Å². The molecule has 94 valence electrons. The van der Waals surface area contributed by atoms with Gasteiger partial charge in [-0.05, 0) is 55.8 Å². The van der Waals surface area contributed by atoms with Gasteiger partial charge in [0.05, 0.1) is 4.99 Å². The first-order valence-corrected chi connectivity index (χ1v) is 7.15. The minimum atomic E-state index is 0.291. The molecule has 0 aromatic heterocycles. The van der Waals surface area contributed by atoms with E-state index in [1.807, 2.05) is 0 Å². The van der Waals surface area contributed by atoms with E-state index in [1.165, 1.54) is 19.3 Å². The van der Waals surface area contributed by atoms with Gasteiger partial charge >= 0.3 is 0 Å². The van der Waals surface area contributed by atoms with Crippen LogP contribution in [-0.4, -0.2) is 17.4 Å².